The summed E-state index contributed by atoms with van der Waals surface area (Å²) in [5.74, 6) is -1.55. The van der Waals surface area contributed by atoms with E-state index in [9.17, 15) is 19.2 Å². The van der Waals surface area contributed by atoms with Gasteiger partial charge in [0.25, 0.3) is 11.8 Å². The number of halogens is 1. The van der Waals surface area contributed by atoms with Crippen molar-refractivity contribution in [3.8, 4) is 11.3 Å². The number of nitrogens with one attached hydrogen (secondary N) is 1. The molecule has 1 N–H and O–H groups in total. The molecule has 2 aromatic carbocycles. The topological polar surface area (TPSA) is 106 Å². The average molecular weight is 509 g/mol. The van der Waals surface area contributed by atoms with Crippen LogP contribution in [0.2, 0.25) is 0 Å². The van der Waals surface area contributed by atoms with E-state index in [2.05, 4.69) is 21.2 Å². The summed E-state index contributed by atoms with van der Waals surface area (Å²) < 4.78 is 11.7. The Kier molecular flexibility index (Phi) is 6.23. The van der Waals surface area contributed by atoms with E-state index in [1.807, 2.05) is 0 Å². The van der Waals surface area contributed by atoms with Gasteiger partial charge in [0.15, 0.2) is 0 Å². The van der Waals surface area contributed by atoms with Crippen molar-refractivity contribution in [2.75, 3.05) is 11.5 Å². The van der Waals surface area contributed by atoms with Gasteiger partial charge in [0.05, 0.1) is 17.9 Å². The molecule has 0 radical (unpaired) electrons. The molecule has 2 heterocycles. The minimum absolute atomic E-state index is 0.201. The van der Waals surface area contributed by atoms with Crippen molar-refractivity contribution in [1.29, 1.82) is 0 Å². The third-order valence-corrected chi connectivity index (χ3v) is 5.32. The number of urea groups is 1. The lowest BCUT2D eigenvalue weighted by atomic mass is 10.1. The van der Waals surface area contributed by atoms with Crippen LogP contribution in [0, 0.1) is 0 Å². The molecule has 4 amide bonds. The van der Waals surface area contributed by atoms with Gasteiger partial charge >= 0.3 is 12.0 Å². The third-order valence-electron chi connectivity index (χ3n) is 4.79. The van der Waals surface area contributed by atoms with Gasteiger partial charge in [-0.15, -0.1) is 0 Å². The normalized spacial score (nSPS) is 15.0. The molecule has 1 saturated heterocycles. The Labute approximate surface area is 197 Å². The molecular formula is C24H17BrN2O6. The van der Waals surface area contributed by atoms with Crippen LogP contribution in [-0.2, 0) is 14.3 Å². The predicted octanol–water partition coefficient (Wildman–Crippen LogP) is 4.55. The SMILES string of the molecule is CCOC(=O)c1ccccc1-c1ccc(/C=C2\C(=O)NC(=O)N(c3ccc(Br)cc3)C2=O)o1. The number of nitrogens with zero attached hydrogens (tertiary/aromatic N) is 1. The number of imide groups is 2. The van der Waals surface area contributed by atoms with E-state index in [-0.39, 0.29) is 17.9 Å². The van der Waals surface area contributed by atoms with Crippen LogP contribution < -0.4 is 10.2 Å². The van der Waals surface area contributed by atoms with Crippen molar-refractivity contribution >= 4 is 51.5 Å². The Morgan fingerprint density at radius 3 is 2.52 bits per heavy atom. The number of hydrogen-bond acceptors (Lipinski definition) is 6. The standard InChI is InChI=1S/C24H17BrN2O6/c1-2-32-23(30)18-6-4-3-5-17(18)20-12-11-16(33-20)13-19-21(28)26-24(31)27(22(19)29)15-9-7-14(25)8-10-15/h3-13H,2H2,1H3,(H,26,28,31)/b19-13+. The van der Waals surface area contributed by atoms with Gasteiger partial charge in [0, 0.05) is 10.0 Å². The van der Waals surface area contributed by atoms with Crippen LogP contribution in [0.4, 0.5) is 10.5 Å². The van der Waals surface area contributed by atoms with E-state index in [0.29, 0.717) is 22.6 Å². The van der Waals surface area contributed by atoms with Crippen LogP contribution in [0.3, 0.4) is 0 Å². The second-order valence-corrected chi connectivity index (χ2v) is 7.82. The van der Waals surface area contributed by atoms with Crippen LogP contribution in [0.25, 0.3) is 17.4 Å². The van der Waals surface area contributed by atoms with Crippen molar-refractivity contribution < 1.29 is 28.3 Å². The van der Waals surface area contributed by atoms with E-state index in [1.165, 1.54) is 6.08 Å². The number of hydrogen-bond donors (Lipinski definition) is 1. The number of anilines is 1. The van der Waals surface area contributed by atoms with Gasteiger partial charge < -0.3 is 9.15 Å². The summed E-state index contributed by atoms with van der Waals surface area (Å²) in [5.41, 5.74) is 0.873. The number of esters is 1. The first-order valence-corrected chi connectivity index (χ1v) is 10.7. The Morgan fingerprint density at radius 2 is 1.79 bits per heavy atom. The van der Waals surface area contributed by atoms with E-state index >= 15 is 0 Å². The summed E-state index contributed by atoms with van der Waals surface area (Å²) in [6.07, 6.45) is 1.26. The molecule has 166 valence electrons. The number of barbiturate groups is 1. The molecule has 1 aliphatic rings. The van der Waals surface area contributed by atoms with E-state index in [1.54, 1.807) is 67.6 Å². The second kappa shape index (κ2) is 9.25. The lowest BCUT2D eigenvalue weighted by molar-refractivity contribution is -0.122. The summed E-state index contributed by atoms with van der Waals surface area (Å²) in [7, 11) is 0. The van der Waals surface area contributed by atoms with Crippen molar-refractivity contribution in [3.63, 3.8) is 0 Å². The molecule has 8 nitrogen and oxygen atoms in total. The highest BCUT2D eigenvalue weighted by molar-refractivity contribution is 9.10. The summed E-state index contributed by atoms with van der Waals surface area (Å²) in [6, 6.07) is 15.6. The molecule has 0 atom stereocenters. The molecule has 0 aliphatic carbocycles. The zero-order valence-electron chi connectivity index (χ0n) is 17.3. The molecule has 33 heavy (non-hydrogen) atoms. The predicted molar refractivity (Wildman–Crippen MR) is 123 cm³/mol. The Balaban J connectivity index is 1.67. The molecule has 9 heteroatoms. The quantitative estimate of drug-likeness (QED) is 0.307. The maximum atomic E-state index is 13.0. The summed E-state index contributed by atoms with van der Waals surface area (Å²) in [4.78, 5) is 50.8. The molecule has 3 aromatic rings. The van der Waals surface area contributed by atoms with Gasteiger partial charge in [-0.2, -0.15) is 0 Å². The van der Waals surface area contributed by atoms with E-state index < -0.39 is 23.8 Å². The van der Waals surface area contributed by atoms with Crippen LogP contribution in [-0.4, -0.2) is 30.4 Å². The molecule has 0 bridgehead atoms. The highest BCUT2D eigenvalue weighted by Crippen LogP contribution is 2.29. The van der Waals surface area contributed by atoms with Gasteiger partial charge in [0.1, 0.15) is 17.1 Å². The van der Waals surface area contributed by atoms with Crippen molar-refractivity contribution in [3.05, 3.63) is 82.0 Å². The third kappa shape index (κ3) is 4.49. The highest BCUT2D eigenvalue weighted by Gasteiger charge is 2.37. The number of carbonyl (C=O) groups is 4. The maximum absolute atomic E-state index is 13.0. The molecular weight excluding hydrogens is 492 g/mol. The summed E-state index contributed by atoms with van der Waals surface area (Å²) in [5, 5.41) is 2.16. The number of carbonyl (C=O) groups excluding carboxylic acids is 4. The monoisotopic (exact) mass is 508 g/mol. The maximum Gasteiger partial charge on any atom is 0.338 e. The summed E-state index contributed by atoms with van der Waals surface area (Å²) in [6.45, 7) is 1.94. The minimum atomic E-state index is -0.840. The lowest BCUT2D eigenvalue weighted by Gasteiger charge is -2.26. The van der Waals surface area contributed by atoms with Gasteiger partial charge in [-0.3, -0.25) is 14.9 Å². The fourth-order valence-electron chi connectivity index (χ4n) is 3.28. The fraction of sp³-hybridized carbons (Fsp3) is 0.0833. The molecule has 1 aliphatic heterocycles. The molecule has 1 aromatic heterocycles. The highest BCUT2D eigenvalue weighted by atomic mass is 79.9. The van der Waals surface area contributed by atoms with Crippen molar-refractivity contribution in [2.24, 2.45) is 0 Å². The van der Waals surface area contributed by atoms with E-state index in [0.717, 1.165) is 9.37 Å². The van der Waals surface area contributed by atoms with Crippen molar-refractivity contribution in [2.45, 2.75) is 6.92 Å². The summed E-state index contributed by atoms with van der Waals surface area (Å²) >= 11 is 3.30. The molecule has 4 rings (SSSR count). The van der Waals surface area contributed by atoms with Gasteiger partial charge in [-0.1, -0.05) is 34.1 Å². The Morgan fingerprint density at radius 1 is 1.06 bits per heavy atom. The minimum Gasteiger partial charge on any atom is -0.462 e. The van der Waals surface area contributed by atoms with Crippen LogP contribution in [0.15, 0.2) is 75.1 Å². The van der Waals surface area contributed by atoms with Crippen LogP contribution in [0.5, 0.6) is 0 Å². The number of rotatable bonds is 5. The zero-order valence-corrected chi connectivity index (χ0v) is 18.9. The largest absolute Gasteiger partial charge is 0.462 e. The van der Waals surface area contributed by atoms with Crippen molar-refractivity contribution in [1.82, 2.24) is 5.32 Å². The lowest BCUT2D eigenvalue weighted by Crippen LogP contribution is -2.54. The first-order valence-electron chi connectivity index (χ1n) is 9.92. The van der Waals surface area contributed by atoms with Gasteiger partial charge in [0.2, 0.25) is 0 Å². The zero-order chi connectivity index (χ0) is 23.5. The first-order chi connectivity index (χ1) is 15.9. The molecule has 1 fully saturated rings. The van der Waals surface area contributed by atoms with E-state index in [4.69, 9.17) is 9.15 Å². The fourth-order valence-corrected chi connectivity index (χ4v) is 3.55. The Bertz CT molecular complexity index is 1290. The van der Waals surface area contributed by atoms with Crippen LogP contribution >= 0.6 is 15.9 Å². The number of benzene rings is 2. The average Bonchev–Trinajstić information content (AvgIpc) is 3.26. The molecule has 0 spiro atoms. The van der Waals surface area contributed by atoms with Gasteiger partial charge in [-0.25, -0.2) is 14.5 Å². The molecule has 0 saturated carbocycles. The first kappa shape index (κ1) is 22.2. The number of furan rings is 1. The second-order valence-electron chi connectivity index (χ2n) is 6.90. The van der Waals surface area contributed by atoms with Crippen LogP contribution in [0.1, 0.15) is 23.0 Å². The smallest absolute Gasteiger partial charge is 0.338 e. The van der Waals surface area contributed by atoms with Gasteiger partial charge in [-0.05, 0) is 55.5 Å². The Hall–Kier alpha value is -3.98. The number of amides is 4. The number of ether oxygens (including phenoxy) is 1. The molecule has 0 unspecified atom stereocenters.